The van der Waals surface area contributed by atoms with Crippen LogP contribution in [0.25, 0.3) is 10.9 Å². The van der Waals surface area contributed by atoms with E-state index in [9.17, 15) is 0 Å². The Morgan fingerprint density at radius 3 is 2.74 bits per heavy atom. The molecule has 116 valence electrons. The average molecular weight is 307 g/mol. The number of hydrogen-bond donors (Lipinski definition) is 0. The number of hydrogen-bond acceptors (Lipinski definition) is 5. The van der Waals surface area contributed by atoms with E-state index in [-0.39, 0.29) is 0 Å². The minimum atomic E-state index is 0.600. The zero-order valence-corrected chi connectivity index (χ0v) is 12.9. The summed E-state index contributed by atoms with van der Waals surface area (Å²) in [5, 5.41) is 1.05. The Bertz CT molecular complexity index is 845. The van der Waals surface area contributed by atoms with Gasteiger partial charge in [-0.25, -0.2) is 9.97 Å². The zero-order valence-electron chi connectivity index (χ0n) is 12.9. The Morgan fingerprint density at radius 2 is 1.83 bits per heavy atom. The summed E-state index contributed by atoms with van der Waals surface area (Å²) in [4.78, 5) is 10.9. The van der Waals surface area contributed by atoms with Gasteiger partial charge < -0.3 is 14.4 Å². The summed E-state index contributed by atoms with van der Waals surface area (Å²) in [7, 11) is 2.03. The molecule has 0 saturated heterocycles. The molecule has 1 aromatic heterocycles. The molecule has 5 heteroatoms. The van der Waals surface area contributed by atoms with Gasteiger partial charge in [-0.2, -0.15) is 0 Å². The molecule has 3 aromatic rings. The summed E-state index contributed by atoms with van der Waals surface area (Å²) in [6, 6.07) is 14.1. The first-order valence-electron chi connectivity index (χ1n) is 7.61. The number of anilines is 1. The highest BCUT2D eigenvalue weighted by molar-refractivity contribution is 5.89. The van der Waals surface area contributed by atoms with Crippen molar-refractivity contribution in [2.75, 3.05) is 25.2 Å². The molecule has 23 heavy (non-hydrogen) atoms. The SMILES string of the molecule is CN(Cc1ccc2c(c1)OCCO2)c1ncnc2ccccc12. The summed E-state index contributed by atoms with van der Waals surface area (Å²) in [6.07, 6.45) is 1.61. The number of nitrogens with zero attached hydrogens (tertiary/aromatic N) is 3. The molecule has 1 aliphatic heterocycles. The predicted molar refractivity (Wildman–Crippen MR) is 89.1 cm³/mol. The molecule has 0 saturated carbocycles. The van der Waals surface area contributed by atoms with Gasteiger partial charge in [-0.05, 0) is 29.8 Å². The van der Waals surface area contributed by atoms with E-state index < -0.39 is 0 Å². The maximum atomic E-state index is 5.65. The molecular weight excluding hydrogens is 290 g/mol. The molecular formula is C18H17N3O2. The molecule has 0 N–H and O–H groups in total. The quantitative estimate of drug-likeness (QED) is 0.744. The van der Waals surface area contributed by atoms with Crippen LogP contribution in [0.2, 0.25) is 0 Å². The minimum absolute atomic E-state index is 0.600. The van der Waals surface area contributed by atoms with Crippen LogP contribution in [0.15, 0.2) is 48.8 Å². The number of ether oxygens (including phenoxy) is 2. The maximum absolute atomic E-state index is 5.65. The van der Waals surface area contributed by atoms with Crippen LogP contribution in [-0.2, 0) is 6.54 Å². The third kappa shape index (κ3) is 2.65. The second kappa shape index (κ2) is 5.76. The van der Waals surface area contributed by atoms with E-state index >= 15 is 0 Å². The van der Waals surface area contributed by atoms with Crippen LogP contribution in [0.5, 0.6) is 11.5 Å². The Labute approximate surface area is 134 Å². The van der Waals surface area contributed by atoms with Crippen molar-refractivity contribution in [3.05, 3.63) is 54.4 Å². The summed E-state index contributed by atoms with van der Waals surface area (Å²) in [5.74, 6) is 2.55. The van der Waals surface area contributed by atoms with Crippen molar-refractivity contribution in [2.45, 2.75) is 6.54 Å². The van der Waals surface area contributed by atoms with Crippen molar-refractivity contribution in [3.63, 3.8) is 0 Å². The molecule has 2 aromatic carbocycles. The molecule has 0 unspecified atom stereocenters. The Balaban J connectivity index is 1.63. The van der Waals surface area contributed by atoms with Gasteiger partial charge in [0.25, 0.3) is 0 Å². The van der Waals surface area contributed by atoms with Crippen molar-refractivity contribution in [1.29, 1.82) is 0 Å². The van der Waals surface area contributed by atoms with E-state index in [2.05, 4.69) is 20.9 Å². The average Bonchev–Trinajstić information content (AvgIpc) is 2.61. The van der Waals surface area contributed by atoms with Crippen molar-refractivity contribution < 1.29 is 9.47 Å². The first-order valence-corrected chi connectivity index (χ1v) is 7.61. The molecule has 0 radical (unpaired) electrons. The van der Waals surface area contributed by atoms with Gasteiger partial charge in [-0.15, -0.1) is 0 Å². The number of fused-ring (bicyclic) bond motifs is 2. The monoisotopic (exact) mass is 307 g/mol. The molecule has 0 spiro atoms. The first kappa shape index (κ1) is 13.8. The Kier molecular flexibility index (Phi) is 3.46. The number of benzene rings is 2. The topological polar surface area (TPSA) is 47.5 Å². The molecule has 0 atom stereocenters. The molecule has 2 heterocycles. The fourth-order valence-electron chi connectivity index (χ4n) is 2.83. The number of para-hydroxylation sites is 1. The third-order valence-electron chi connectivity index (χ3n) is 3.91. The van der Waals surface area contributed by atoms with Crippen LogP contribution in [0.3, 0.4) is 0 Å². The molecule has 1 aliphatic rings. The van der Waals surface area contributed by atoms with Gasteiger partial charge >= 0.3 is 0 Å². The minimum Gasteiger partial charge on any atom is -0.486 e. The lowest BCUT2D eigenvalue weighted by atomic mass is 10.1. The molecule has 4 rings (SSSR count). The second-order valence-electron chi connectivity index (χ2n) is 5.55. The fraction of sp³-hybridized carbons (Fsp3) is 0.222. The Morgan fingerprint density at radius 1 is 1.00 bits per heavy atom. The first-order chi connectivity index (χ1) is 11.3. The van der Waals surface area contributed by atoms with Gasteiger partial charge in [0.2, 0.25) is 0 Å². The lowest BCUT2D eigenvalue weighted by Crippen LogP contribution is -2.19. The van der Waals surface area contributed by atoms with Crippen LogP contribution < -0.4 is 14.4 Å². The fourth-order valence-corrected chi connectivity index (χ4v) is 2.83. The van der Waals surface area contributed by atoms with Gasteiger partial charge in [-0.1, -0.05) is 18.2 Å². The molecule has 0 aliphatic carbocycles. The summed E-state index contributed by atoms with van der Waals surface area (Å²) >= 11 is 0. The lowest BCUT2D eigenvalue weighted by Gasteiger charge is -2.22. The third-order valence-corrected chi connectivity index (χ3v) is 3.91. The second-order valence-corrected chi connectivity index (χ2v) is 5.55. The van der Waals surface area contributed by atoms with Gasteiger partial charge in [0.05, 0.1) is 5.52 Å². The van der Waals surface area contributed by atoms with Crippen molar-refractivity contribution in [1.82, 2.24) is 9.97 Å². The lowest BCUT2D eigenvalue weighted by molar-refractivity contribution is 0.171. The van der Waals surface area contributed by atoms with Crippen LogP contribution in [0, 0.1) is 0 Å². The number of aromatic nitrogens is 2. The van der Waals surface area contributed by atoms with Crippen molar-refractivity contribution in [3.8, 4) is 11.5 Å². The highest BCUT2D eigenvalue weighted by Gasteiger charge is 2.14. The number of rotatable bonds is 3. The molecule has 5 nitrogen and oxygen atoms in total. The van der Waals surface area contributed by atoms with Gasteiger partial charge in [0.15, 0.2) is 11.5 Å². The smallest absolute Gasteiger partial charge is 0.161 e. The van der Waals surface area contributed by atoms with E-state index in [4.69, 9.17) is 9.47 Å². The highest BCUT2D eigenvalue weighted by Crippen LogP contribution is 2.31. The van der Waals surface area contributed by atoms with E-state index in [1.54, 1.807) is 6.33 Å². The van der Waals surface area contributed by atoms with Gasteiger partial charge in [0, 0.05) is 19.0 Å². The normalized spacial score (nSPS) is 13.1. The summed E-state index contributed by atoms with van der Waals surface area (Å²) < 4.78 is 11.2. The van der Waals surface area contributed by atoms with E-state index in [0.717, 1.165) is 40.3 Å². The summed E-state index contributed by atoms with van der Waals surface area (Å²) in [6.45, 7) is 1.94. The van der Waals surface area contributed by atoms with Crippen molar-refractivity contribution in [2.24, 2.45) is 0 Å². The van der Waals surface area contributed by atoms with E-state index in [1.807, 2.05) is 43.4 Å². The largest absolute Gasteiger partial charge is 0.486 e. The van der Waals surface area contributed by atoms with Crippen LogP contribution >= 0.6 is 0 Å². The maximum Gasteiger partial charge on any atom is 0.161 e. The highest BCUT2D eigenvalue weighted by atomic mass is 16.6. The summed E-state index contributed by atoms with van der Waals surface area (Å²) in [5.41, 5.74) is 2.10. The molecule has 0 amide bonds. The van der Waals surface area contributed by atoms with Crippen molar-refractivity contribution >= 4 is 16.7 Å². The van der Waals surface area contributed by atoms with E-state index in [0.29, 0.717) is 13.2 Å². The standard InChI is InChI=1S/C18H17N3O2/c1-21(18-14-4-2-3-5-15(14)19-12-20-18)11-13-6-7-16-17(10-13)23-9-8-22-16/h2-7,10,12H,8-9,11H2,1H3. The predicted octanol–water partition coefficient (Wildman–Crippen LogP) is 3.04. The van der Waals surface area contributed by atoms with E-state index in [1.165, 1.54) is 0 Å². The molecule has 0 bridgehead atoms. The van der Waals surface area contributed by atoms with Gasteiger partial charge in [-0.3, -0.25) is 0 Å². The zero-order chi connectivity index (χ0) is 15.6. The van der Waals surface area contributed by atoms with Crippen LogP contribution in [0.1, 0.15) is 5.56 Å². The molecule has 0 fully saturated rings. The van der Waals surface area contributed by atoms with Gasteiger partial charge in [0.1, 0.15) is 25.4 Å². The Hall–Kier alpha value is -2.82. The van der Waals surface area contributed by atoms with Crippen LogP contribution in [0.4, 0.5) is 5.82 Å². The van der Waals surface area contributed by atoms with Crippen LogP contribution in [-0.4, -0.2) is 30.2 Å².